The van der Waals surface area contributed by atoms with Gasteiger partial charge in [-0.25, -0.2) is 4.68 Å². The van der Waals surface area contributed by atoms with Gasteiger partial charge in [0.05, 0.1) is 29.8 Å². The fourth-order valence-electron chi connectivity index (χ4n) is 3.61. The molecule has 0 spiro atoms. The van der Waals surface area contributed by atoms with Crippen molar-refractivity contribution in [3.8, 4) is 22.7 Å². The van der Waals surface area contributed by atoms with Crippen molar-refractivity contribution in [2.75, 3.05) is 0 Å². The zero-order valence-corrected chi connectivity index (χ0v) is 16.2. The van der Waals surface area contributed by atoms with Gasteiger partial charge in [-0.05, 0) is 57.2 Å². The molecule has 5 nitrogen and oxygen atoms in total. The Hall–Kier alpha value is -2.87. The van der Waals surface area contributed by atoms with Gasteiger partial charge in [-0.2, -0.15) is 5.10 Å². The topological polar surface area (TPSA) is 49.2 Å². The predicted octanol–water partition coefficient (Wildman–Crippen LogP) is 4.91. The summed E-state index contributed by atoms with van der Waals surface area (Å²) in [6.07, 6.45) is -4.03. The number of hydrogen-bond donors (Lipinski definition) is 0. The van der Waals surface area contributed by atoms with Crippen molar-refractivity contribution in [1.29, 1.82) is 0 Å². The second-order valence-corrected chi connectivity index (χ2v) is 7.19. The molecule has 0 radical (unpaired) electrons. The van der Waals surface area contributed by atoms with Crippen LogP contribution >= 0.6 is 0 Å². The summed E-state index contributed by atoms with van der Waals surface area (Å²) >= 11 is 0. The summed E-state index contributed by atoms with van der Waals surface area (Å²) in [4.78, 5) is 4.42. The first-order valence-electron chi connectivity index (χ1n) is 9.24. The largest absolute Gasteiger partial charge is 0.573 e. The zero-order chi connectivity index (χ0) is 20.8. The van der Waals surface area contributed by atoms with Crippen LogP contribution in [0.15, 0.2) is 36.4 Å². The minimum atomic E-state index is -4.72. The number of aryl methyl sites for hydroxylation is 2. The highest BCUT2D eigenvalue weighted by Gasteiger charge is 2.31. The molecule has 0 bridgehead atoms. The van der Waals surface area contributed by atoms with Gasteiger partial charge in [-0.1, -0.05) is 0 Å². The van der Waals surface area contributed by atoms with Crippen LogP contribution < -0.4 is 4.74 Å². The molecular formula is C21H20F3N3O2. The lowest BCUT2D eigenvalue weighted by molar-refractivity contribution is -0.274. The van der Waals surface area contributed by atoms with Gasteiger partial charge >= 0.3 is 6.36 Å². The maximum Gasteiger partial charge on any atom is 0.573 e. The second kappa shape index (κ2) is 7.18. The fourth-order valence-corrected chi connectivity index (χ4v) is 3.61. The van der Waals surface area contributed by atoms with Crippen molar-refractivity contribution in [1.82, 2.24) is 14.8 Å². The lowest BCUT2D eigenvalue weighted by Gasteiger charge is -2.21. The standard InChI is InChI=1S/C21H20F3N3O2/c1-12-8-15(9-13(2)25-12)20-18-11-28-14(3)10-19(18)27(26-20)16-4-6-17(7-5-16)29-21(22,23)24/h4-9,14H,10-11H2,1-3H3. The Morgan fingerprint density at radius 3 is 2.38 bits per heavy atom. The molecule has 0 amide bonds. The van der Waals surface area contributed by atoms with Crippen molar-refractivity contribution in [3.63, 3.8) is 0 Å². The van der Waals surface area contributed by atoms with E-state index in [1.807, 2.05) is 32.9 Å². The van der Waals surface area contributed by atoms with Crippen LogP contribution in [-0.4, -0.2) is 27.2 Å². The molecule has 4 rings (SSSR count). The van der Waals surface area contributed by atoms with E-state index in [1.165, 1.54) is 12.1 Å². The molecule has 3 heterocycles. The molecule has 1 aliphatic rings. The van der Waals surface area contributed by atoms with Crippen LogP contribution in [0, 0.1) is 13.8 Å². The molecule has 0 saturated carbocycles. The van der Waals surface area contributed by atoms with Crippen molar-refractivity contribution in [3.05, 3.63) is 59.0 Å². The number of pyridine rings is 1. The first-order valence-corrected chi connectivity index (χ1v) is 9.24. The van der Waals surface area contributed by atoms with E-state index in [2.05, 4.69) is 9.72 Å². The Bertz CT molecular complexity index is 1020. The molecule has 152 valence electrons. The predicted molar refractivity (Wildman–Crippen MR) is 101 cm³/mol. The average Bonchev–Trinajstić information content (AvgIpc) is 2.99. The van der Waals surface area contributed by atoms with E-state index in [0.29, 0.717) is 18.7 Å². The summed E-state index contributed by atoms with van der Waals surface area (Å²) in [5, 5.41) is 4.80. The summed E-state index contributed by atoms with van der Waals surface area (Å²) in [6, 6.07) is 9.67. The first-order chi connectivity index (χ1) is 13.7. The van der Waals surface area contributed by atoms with Gasteiger partial charge in [0.15, 0.2) is 0 Å². The third kappa shape index (κ3) is 4.12. The number of ether oxygens (including phenoxy) is 2. The van der Waals surface area contributed by atoms with E-state index in [-0.39, 0.29) is 11.9 Å². The van der Waals surface area contributed by atoms with E-state index in [4.69, 9.17) is 9.84 Å². The summed E-state index contributed by atoms with van der Waals surface area (Å²) in [7, 11) is 0. The third-order valence-electron chi connectivity index (χ3n) is 4.75. The second-order valence-electron chi connectivity index (χ2n) is 7.19. The Morgan fingerprint density at radius 1 is 1.10 bits per heavy atom. The van der Waals surface area contributed by atoms with E-state index in [1.54, 1.807) is 16.8 Å². The average molecular weight is 403 g/mol. The van der Waals surface area contributed by atoms with Crippen LogP contribution in [-0.2, 0) is 17.8 Å². The number of halogens is 3. The van der Waals surface area contributed by atoms with Crippen LogP contribution in [0.1, 0.15) is 29.6 Å². The molecule has 2 aromatic heterocycles. The van der Waals surface area contributed by atoms with Crippen molar-refractivity contribution in [2.45, 2.75) is 46.3 Å². The molecule has 1 unspecified atom stereocenters. The highest BCUT2D eigenvalue weighted by molar-refractivity contribution is 5.66. The van der Waals surface area contributed by atoms with Crippen LogP contribution in [0.3, 0.4) is 0 Å². The van der Waals surface area contributed by atoms with Gasteiger partial charge in [0.2, 0.25) is 0 Å². The zero-order valence-electron chi connectivity index (χ0n) is 16.2. The van der Waals surface area contributed by atoms with E-state index < -0.39 is 6.36 Å². The molecule has 29 heavy (non-hydrogen) atoms. The molecule has 0 N–H and O–H groups in total. The monoisotopic (exact) mass is 403 g/mol. The molecule has 0 aliphatic carbocycles. The number of benzene rings is 1. The van der Waals surface area contributed by atoms with E-state index >= 15 is 0 Å². The lowest BCUT2D eigenvalue weighted by Crippen LogP contribution is -2.21. The smallest absolute Gasteiger partial charge is 0.406 e. The quantitative estimate of drug-likeness (QED) is 0.624. The Morgan fingerprint density at radius 2 is 1.76 bits per heavy atom. The maximum absolute atomic E-state index is 12.4. The SMILES string of the molecule is Cc1cc(-c2nn(-c3ccc(OC(F)(F)F)cc3)c3c2COC(C)C3)cc(C)n1. The van der Waals surface area contributed by atoms with E-state index in [9.17, 15) is 13.2 Å². The molecule has 1 aliphatic heterocycles. The molecular weight excluding hydrogens is 383 g/mol. The molecule has 0 fully saturated rings. The minimum absolute atomic E-state index is 0.0274. The number of fused-ring (bicyclic) bond motifs is 1. The molecule has 1 aromatic carbocycles. The highest BCUT2D eigenvalue weighted by atomic mass is 19.4. The number of alkyl halides is 3. The van der Waals surface area contributed by atoms with Gasteiger partial charge in [0.1, 0.15) is 5.75 Å². The molecule has 3 aromatic rings. The van der Waals surface area contributed by atoms with E-state index in [0.717, 1.165) is 33.9 Å². The number of aromatic nitrogens is 3. The Labute approximate surface area is 166 Å². The number of nitrogens with zero attached hydrogens (tertiary/aromatic N) is 3. The van der Waals surface area contributed by atoms with Gasteiger partial charge in [-0.3, -0.25) is 4.98 Å². The van der Waals surface area contributed by atoms with Crippen LogP contribution in [0.2, 0.25) is 0 Å². The van der Waals surface area contributed by atoms with Gasteiger partial charge in [0.25, 0.3) is 0 Å². The first kappa shape index (κ1) is 19.4. The van der Waals surface area contributed by atoms with Crippen molar-refractivity contribution < 1.29 is 22.6 Å². The summed E-state index contributed by atoms with van der Waals surface area (Å²) in [5.41, 5.74) is 6.18. The van der Waals surface area contributed by atoms with Crippen molar-refractivity contribution in [2.24, 2.45) is 0 Å². The summed E-state index contributed by atoms with van der Waals surface area (Å²) < 4.78 is 48.9. The Balaban J connectivity index is 1.79. The number of hydrogen-bond acceptors (Lipinski definition) is 4. The molecule has 1 atom stereocenters. The maximum atomic E-state index is 12.4. The van der Waals surface area contributed by atoms with Gasteiger partial charge in [-0.15, -0.1) is 13.2 Å². The van der Waals surface area contributed by atoms with Crippen LogP contribution in [0.5, 0.6) is 5.75 Å². The fraction of sp³-hybridized carbons (Fsp3) is 0.333. The number of rotatable bonds is 3. The van der Waals surface area contributed by atoms with Crippen molar-refractivity contribution >= 4 is 0 Å². The third-order valence-corrected chi connectivity index (χ3v) is 4.75. The Kier molecular flexibility index (Phi) is 4.82. The minimum Gasteiger partial charge on any atom is -0.406 e. The highest BCUT2D eigenvalue weighted by Crippen LogP contribution is 2.33. The normalized spacial score (nSPS) is 16.6. The van der Waals surface area contributed by atoms with Crippen LogP contribution in [0.4, 0.5) is 13.2 Å². The van der Waals surface area contributed by atoms with Gasteiger partial charge < -0.3 is 9.47 Å². The summed E-state index contributed by atoms with van der Waals surface area (Å²) in [6.45, 7) is 6.28. The summed E-state index contributed by atoms with van der Waals surface area (Å²) in [5.74, 6) is -0.264. The van der Waals surface area contributed by atoms with Crippen LogP contribution in [0.25, 0.3) is 16.9 Å². The van der Waals surface area contributed by atoms with Gasteiger partial charge in [0, 0.05) is 28.9 Å². The lowest BCUT2D eigenvalue weighted by atomic mass is 10.0. The molecule has 8 heteroatoms. The molecule has 0 saturated heterocycles.